The van der Waals surface area contributed by atoms with Crippen LogP contribution >= 0.6 is 15.9 Å². The summed E-state index contributed by atoms with van der Waals surface area (Å²) >= 11 is 3.21. The third kappa shape index (κ3) is 5.05. The highest BCUT2D eigenvalue weighted by molar-refractivity contribution is 9.10. The van der Waals surface area contributed by atoms with Crippen molar-refractivity contribution in [2.45, 2.75) is 30.4 Å². The molecule has 1 heterocycles. The number of amides is 1. The summed E-state index contributed by atoms with van der Waals surface area (Å²) in [5.41, 5.74) is 0.712. The van der Waals surface area contributed by atoms with Gasteiger partial charge in [-0.2, -0.15) is 0 Å². The van der Waals surface area contributed by atoms with Gasteiger partial charge in [0, 0.05) is 13.2 Å². The Morgan fingerprint density at radius 2 is 2.43 bits per heavy atom. The van der Waals surface area contributed by atoms with Crippen molar-refractivity contribution < 1.29 is 18.7 Å². The Balaban J connectivity index is 2.04. The van der Waals surface area contributed by atoms with Gasteiger partial charge in [0.1, 0.15) is 11.9 Å². The first-order valence-corrected chi connectivity index (χ1v) is 7.88. The summed E-state index contributed by atoms with van der Waals surface area (Å²) < 4.78 is 24.6. The van der Waals surface area contributed by atoms with E-state index in [0.717, 1.165) is 6.42 Å². The molecule has 1 aromatic rings. The van der Waals surface area contributed by atoms with Crippen molar-refractivity contribution in [2.24, 2.45) is 0 Å². The molecule has 6 heteroatoms. The van der Waals surface area contributed by atoms with E-state index in [1.807, 2.05) is 0 Å². The number of halogens is 2. The van der Waals surface area contributed by atoms with Crippen LogP contribution in [0.15, 0.2) is 24.3 Å². The molecule has 1 aromatic carbocycles. The highest BCUT2D eigenvalue weighted by Gasteiger charge is 2.23. The number of nitrogens with one attached hydrogen (secondary N) is 1. The van der Waals surface area contributed by atoms with E-state index in [9.17, 15) is 9.18 Å². The Morgan fingerprint density at radius 1 is 1.62 bits per heavy atom. The van der Waals surface area contributed by atoms with Crippen molar-refractivity contribution in [1.29, 1.82) is 0 Å². The van der Waals surface area contributed by atoms with Gasteiger partial charge in [0.05, 0.1) is 17.5 Å². The molecule has 0 aromatic heterocycles. The summed E-state index contributed by atoms with van der Waals surface area (Å²) in [7, 11) is 0. The minimum Gasteiger partial charge on any atom is -0.379 e. The fourth-order valence-corrected chi connectivity index (χ4v) is 2.30. The number of carbonyl (C=O) groups is 1. The van der Waals surface area contributed by atoms with Crippen LogP contribution in [0.1, 0.15) is 25.0 Å². The van der Waals surface area contributed by atoms with E-state index in [4.69, 9.17) is 9.47 Å². The summed E-state index contributed by atoms with van der Waals surface area (Å²) in [6.45, 7) is 3.26. The molecule has 1 N–H and O–H groups in total. The van der Waals surface area contributed by atoms with Crippen LogP contribution in [0.5, 0.6) is 0 Å². The van der Waals surface area contributed by atoms with E-state index in [2.05, 4.69) is 21.2 Å². The van der Waals surface area contributed by atoms with Crippen LogP contribution in [-0.2, 0) is 14.3 Å². The molecule has 0 unspecified atom stereocenters. The molecule has 0 spiro atoms. The monoisotopic (exact) mass is 359 g/mol. The van der Waals surface area contributed by atoms with E-state index in [0.29, 0.717) is 25.3 Å². The van der Waals surface area contributed by atoms with E-state index in [-0.39, 0.29) is 28.8 Å². The molecule has 0 bridgehead atoms. The SMILES string of the molecule is C[C@@H](Br)C(=O)NC[C@@H](O[C@@H]1CCOC1)c1cccc(F)c1. The maximum Gasteiger partial charge on any atom is 0.233 e. The third-order valence-electron chi connectivity index (χ3n) is 3.29. The second kappa shape index (κ2) is 7.87. The van der Waals surface area contributed by atoms with Crippen LogP contribution in [0.25, 0.3) is 0 Å². The lowest BCUT2D eigenvalue weighted by atomic mass is 10.1. The smallest absolute Gasteiger partial charge is 0.233 e. The number of hydrogen-bond acceptors (Lipinski definition) is 3. The fraction of sp³-hybridized carbons (Fsp3) is 0.533. The lowest BCUT2D eigenvalue weighted by molar-refractivity contribution is -0.121. The van der Waals surface area contributed by atoms with Gasteiger partial charge in [-0.25, -0.2) is 4.39 Å². The molecule has 3 atom stereocenters. The summed E-state index contributed by atoms with van der Waals surface area (Å²) in [5.74, 6) is -0.438. The predicted molar refractivity (Wildman–Crippen MR) is 80.8 cm³/mol. The Bertz CT molecular complexity index is 478. The Hall–Kier alpha value is -0.980. The molecule has 4 nitrogen and oxygen atoms in total. The Labute approximate surface area is 132 Å². The molecule has 1 fully saturated rings. The van der Waals surface area contributed by atoms with Gasteiger partial charge in [-0.3, -0.25) is 4.79 Å². The second-order valence-corrected chi connectivity index (χ2v) is 6.40. The van der Waals surface area contributed by atoms with Gasteiger partial charge in [-0.15, -0.1) is 0 Å². The molecule has 21 heavy (non-hydrogen) atoms. The second-order valence-electron chi connectivity index (χ2n) is 5.03. The minimum atomic E-state index is -0.386. The first-order valence-electron chi connectivity index (χ1n) is 6.96. The maximum absolute atomic E-state index is 13.4. The number of benzene rings is 1. The molecular weight excluding hydrogens is 341 g/mol. The first-order chi connectivity index (χ1) is 10.1. The number of hydrogen-bond donors (Lipinski definition) is 1. The van der Waals surface area contributed by atoms with Crippen LogP contribution in [0, 0.1) is 5.82 Å². The Morgan fingerprint density at radius 3 is 3.05 bits per heavy atom. The van der Waals surface area contributed by atoms with Crippen molar-refractivity contribution in [3.8, 4) is 0 Å². The number of ether oxygens (including phenoxy) is 2. The van der Waals surface area contributed by atoms with Crippen molar-refractivity contribution >= 4 is 21.8 Å². The van der Waals surface area contributed by atoms with Gasteiger partial charge in [0.2, 0.25) is 5.91 Å². The maximum atomic E-state index is 13.4. The largest absolute Gasteiger partial charge is 0.379 e. The topological polar surface area (TPSA) is 47.6 Å². The molecule has 1 saturated heterocycles. The molecule has 116 valence electrons. The average molecular weight is 360 g/mol. The van der Waals surface area contributed by atoms with Crippen molar-refractivity contribution in [1.82, 2.24) is 5.32 Å². The van der Waals surface area contributed by atoms with Crippen molar-refractivity contribution in [3.63, 3.8) is 0 Å². The average Bonchev–Trinajstić information content (AvgIpc) is 2.95. The van der Waals surface area contributed by atoms with Gasteiger partial charge in [0.15, 0.2) is 0 Å². The molecule has 2 rings (SSSR count). The summed E-state index contributed by atoms with van der Waals surface area (Å²) in [4.78, 5) is 11.4. The molecule has 0 aliphatic carbocycles. The lowest BCUT2D eigenvalue weighted by Gasteiger charge is -2.22. The third-order valence-corrected chi connectivity index (χ3v) is 3.70. The first kappa shape index (κ1) is 16.4. The zero-order chi connectivity index (χ0) is 15.2. The molecule has 0 radical (unpaired) electrons. The number of alkyl halides is 1. The van der Waals surface area contributed by atoms with Crippen LogP contribution in [0.3, 0.4) is 0 Å². The molecule has 0 saturated carbocycles. The standard InChI is InChI=1S/C15H19BrFNO3/c1-10(16)15(19)18-8-14(21-13-5-6-20-9-13)11-3-2-4-12(17)7-11/h2-4,7,10,13-14H,5-6,8-9H2,1H3,(H,18,19)/t10-,13-,14-/m1/s1. The van der Waals surface area contributed by atoms with Gasteiger partial charge in [-0.1, -0.05) is 28.1 Å². The van der Waals surface area contributed by atoms with Crippen LogP contribution < -0.4 is 5.32 Å². The number of rotatable bonds is 6. The van der Waals surface area contributed by atoms with E-state index in [1.165, 1.54) is 12.1 Å². The van der Waals surface area contributed by atoms with E-state index < -0.39 is 0 Å². The highest BCUT2D eigenvalue weighted by atomic mass is 79.9. The van der Waals surface area contributed by atoms with Gasteiger partial charge < -0.3 is 14.8 Å². The minimum absolute atomic E-state index is 0.0171. The molecule has 1 aliphatic rings. The lowest BCUT2D eigenvalue weighted by Crippen LogP contribution is -2.35. The van der Waals surface area contributed by atoms with Crippen molar-refractivity contribution in [3.05, 3.63) is 35.6 Å². The van der Waals surface area contributed by atoms with Crippen LogP contribution in [-0.4, -0.2) is 36.6 Å². The predicted octanol–water partition coefficient (Wildman–Crippen LogP) is 2.57. The molecule has 1 aliphatic heterocycles. The summed E-state index contributed by atoms with van der Waals surface area (Å²) in [5, 5.41) is 2.80. The molecular formula is C15H19BrFNO3. The molecule has 1 amide bonds. The van der Waals surface area contributed by atoms with Gasteiger partial charge >= 0.3 is 0 Å². The quantitative estimate of drug-likeness (QED) is 0.794. The van der Waals surface area contributed by atoms with E-state index in [1.54, 1.807) is 19.1 Å². The zero-order valence-corrected chi connectivity index (χ0v) is 13.4. The van der Waals surface area contributed by atoms with Crippen LogP contribution in [0.2, 0.25) is 0 Å². The Kier molecular flexibility index (Phi) is 6.14. The highest BCUT2D eigenvalue weighted by Crippen LogP contribution is 2.22. The van der Waals surface area contributed by atoms with E-state index >= 15 is 0 Å². The summed E-state index contributed by atoms with van der Waals surface area (Å²) in [6.07, 6.45) is 0.411. The zero-order valence-electron chi connectivity index (χ0n) is 11.9. The normalized spacial score (nSPS) is 21.0. The van der Waals surface area contributed by atoms with Crippen LogP contribution in [0.4, 0.5) is 4.39 Å². The number of carbonyl (C=O) groups excluding carboxylic acids is 1. The van der Waals surface area contributed by atoms with Crippen molar-refractivity contribution in [2.75, 3.05) is 19.8 Å². The van der Waals surface area contributed by atoms with Gasteiger partial charge in [-0.05, 0) is 31.0 Å². The summed E-state index contributed by atoms with van der Waals surface area (Å²) in [6, 6.07) is 6.26. The van der Waals surface area contributed by atoms with Gasteiger partial charge in [0.25, 0.3) is 0 Å². The fourth-order valence-electron chi connectivity index (χ4n) is 2.14.